The Morgan fingerprint density at radius 3 is 2.56 bits per heavy atom. The molecule has 0 amide bonds. The second-order valence-corrected chi connectivity index (χ2v) is 4.98. The van der Waals surface area contributed by atoms with Crippen LogP contribution in [0, 0.1) is 0 Å². The quantitative estimate of drug-likeness (QED) is 0.722. The number of rotatable bonds is 8. The summed E-state index contributed by atoms with van der Waals surface area (Å²) in [5, 5.41) is 0. The van der Waals surface area contributed by atoms with E-state index >= 15 is 0 Å². The van der Waals surface area contributed by atoms with Gasteiger partial charge < -0.3 is 15.2 Å². The predicted octanol–water partition coefficient (Wildman–Crippen LogP) is 3.12. The van der Waals surface area contributed by atoms with E-state index in [1.165, 1.54) is 0 Å². The molecule has 0 bridgehead atoms. The lowest BCUT2D eigenvalue weighted by Crippen LogP contribution is -2.24. The van der Waals surface area contributed by atoms with Crippen molar-refractivity contribution < 1.29 is 9.47 Å². The predicted molar refractivity (Wildman–Crippen MR) is 74.8 cm³/mol. The molecule has 0 saturated heterocycles. The van der Waals surface area contributed by atoms with Crippen LogP contribution in [-0.4, -0.2) is 18.8 Å². The van der Waals surface area contributed by atoms with Gasteiger partial charge in [-0.25, -0.2) is 0 Å². The fourth-order valence-electron chi connectivity index (χ4n) is 1.50. The molecule has 1 aromatic rings. The summed E-state index contributed by atoms with van der Waals surface area (Å²) < 4.78 is 11.5. The third kappa shape index (κ3) is 5.07. The Bertz CT molecular complexity index is 350. The van der Waals surface area contributed by atoms with Crippen LogP contribution in [0.25, 0.3) is 0 Å². The summed E-state index contributed by atoms with van der Waals surface area (Å²) in [6.45, 7) is 8.25. The van der Waals surface area contributed by atoms with Crippen molar-refractivity contribution in [2.45, 2.75) is 45.8 Å². The van der Waals surface area contributed by atoms with E-state index in [4.69, 9.17) is 15.2 Å². The molecule has 2 N–H and O–H groups in total. The minimum atomic E-state index is -0.0326. The Hall–Kier alpha value is -1.06. The Morgan fingerprint density at radius 2 is 1.89 bits per heavy atom. The van der Waals surface area contributed by atoms with Gasteiger partial charge in [0.2, 0.25) is 0 Å². The van der Waals surface area contributed by atoms with Gasteiger partial charge in [-0.15, -0.1) is 0 Å². The lowest BCUT2D eigenvalue weighted by Gasteiger charge is -2.23. The smallest absolute Gasteiger partial charge is 0.123 e. The first-order chi connectivity index (χ1) is 8.59. The SMILES string of the molecule is CCC(C)(C)OCCCOc1ccccc1CN. The highest BCUT2D eigenvalue weighted by Gasteiger charge is 2.14. The van der Waals surface area contributed by atoms with Crippen LogP contribution in [0.3, 0.4) is 0 Å². The highest BCUT2D eigenvalue weighted by atomic mass is 16.5. The average molecular weight is 251 g/mol. The topological polar surface area (TPSA) is 44.5 Å². The average Bonchev–Trinajstić information content (AvgIpc) is 2.38. The van der Waals surface area contributed by atoms with E-state index in [0.29, 0.717) is 13.2 Å². The summed E-state index contributed by atoms with van der Waals surface area (Å²) in [5.41, 5.74) is 6.67. The minimum Gasteiger partial charge on any atom is -0.493 e. The first kappa shape index (κ1) is 15.0. The van der Waals surface area contributed by atoms with E-state index < -0.39 is 0 Å². The van der Waals surface area contributed by atoms with Crippen LogP contribution >= 0.6 is 0 Å². The molecule has 0 aromatic heterocycles. The fourth-order valence-corrected chi connectivity index (χ4v) is 1.50. The van der Waals surface area contributed by atoms with Crippen molar-refractivity contribution in [3.63, 3.8) is 0 Å². The first-order valence-electron chi connectivity index (χ1n) is 6.64. The van der Waals surface area contributed by atoms with Gasteiger partial charge in [0.05, 0.1) is 18.8 Å². The lowest BCUT2D eigenvalue weighted by molar-refractivity contribution is -0.0242. The largest absolute Gasteiger partial charge is 0.493 e. The molecule has 1 rings (SSSR count). The highest BCUT2D eigenvalue weighted by molar-refractivity contribution is 5.32. The Morgan fingerprint density at radius 1 is 1.17 bits per heavy atom. The van der Waals surface area contributed by atoms with Gasteiger partial charge >= 0.3 is 0 Å². The summed E-state index contributed by atoms with van der Waals surface area (Å²) in [7, 11) is 0. The van der Waals surface area contributed by atoms with Crippen molar-refractivity contribution >= 4 is 0 Å². The number of ether oxygens (including phenoxy) is 2. The summed E-state index contributed by atoms with van der Waals surface area (Å²) in [6, 6.07) is 7.89. The molecule has 0 aliphatic rings. The van der Waals surface area contributed by atoms with Crippen LogP contribution in [0.2, 0.25) is 0 Å². The summed E-state index contributed by atoms with van der Waals surface area (Å²) in [6.07, 6.45) is 1.91. The van der Waals surface area contributed by atoms with Crippen LogP contribution in [0.1, 0.15) is 39.2 Å². The summed E-state index contributed by atoms with van der Waals surface area (Å²) >= 11 is 0. The summed E-state index contributed by atoms with van der Waals surface area (Å²) in [4.78, 5) is 0. The van der Waals surface area contributed by atoms with Crippen LogP contribution in [0.4, 0.5) is 0 Å². The van der Waals surface area contributed by atoms with E-state index in [1.54, 1.807) is 0 Å². The molecular weight excluding hydrogens is 226 g/mol. The normalized spacial score (nSPS) is 11.6. The Balaban J connectivity index is 2.26. The molecule has 0 saturated carbocycles. The molecule has 0 heterocycles. The molecule has 0 unspecified atom stereocenters. The zero-order chi connectivity index (χ0) is 13.4. The lowest BCUT2D eigenvalue weighted by atomic mass is 10.1. The van der Waals surface area contributed by atoms with Crippen molar-refractivity contribution in [2.75, 3.05) is 13.2 Å². The fraction of sp³-hybridized carbons (Fsp3) is 0.600. The number of nitrogens with two attached hydrogens (primary N) is 1. The molecule has 0 aliphatic carbocycles. The van der Waals surface area contributed by atoms with E-state index in [1.807, 2.05) is 24.3 Å². The standard InChI is InChI=1S/C15H25NO2/c1-4-15(2,3)18-11-7-10-17-14-9-6-5-8-13(14)12-16/h5-6,8-9H,4,7,10-12,16H2,1-3H3. The van der Waals surface area contributed by atoms with Gasteiger partial charge in [0.1, 0.15) is 5.75 Å². The molecule has 0 aliphatic heterocycles. The second-order valence-electron chi connectivity index (χ2n) is 4.98. The zero-order valence-corrected chi connectivity index (χ0v) is 11.7. The monoisotopic (exact) mass is 251 g/mol. The number of para-hydroxylation sites is 1. The van der Waals surface area contributed by atoms with Crippen LogP contribution in [0.5, 0.6) is 5.75 Å². The van der Waals surface area contributed by atoms with Gasteiger partial charge in [0.25, 0.3) is 0 Å². The summed E-state index contributed by atoms with van der Waals surface area (Å²) in [5.74, 6) is 0.884. The van der Waals surface area contributed by atoms with Crippen molar-refractivity contribution in [3.05, 3.63) is 29.8 Å². The minimum absolute atomic E-state index is 0.0326. The van der Waals surface area contributed by atoms with Crippen molar-refractivity contribution in [1.82, 2.24) is 0 Å². The molecule has 0 spiro atoms. The van der Waals surface area contributed by atoms with Crippen LogP contribution < -0.4 is 10.5 Å². The molecule has 0 radical (unpaired) electrons. The number of hydrogen-bond acceptors (Lipinski definition) is 3. The van der Waals surface area contributed by atoms with Crippen molar-refractivity contribution in [3.8, 4) is 5.75 Å². The van der Waals surface area contributed by atoms with Crippen LogP contribution in [-0.2, 0) is 11.3 Å². The van der Waals surface area contributed by atoms with Gasteiger partial charge in [-0.05, 0) is 26.3 Å². The maximum atomic E-state index is 5.77. The zero-order valence-electron chi connectivity index (χ0n) is 11.7. The van der Waals surface area contributed by atoms with Gasteiger partial charge in [-0.1, -0.05) is 25.1 Å². The molecule has 3 nitrogen and oxygen atoms in total. The molecule has 1 aromatic carbocycles. The molecule has 102 valence electrons. The first-order valence-corrected chi connectivity index (χ1v) is 6.64. The van der Waals surface area contributed by atoms with Crippen molar-refractivity contribution in [1.29, 1.82) is 0 Å². The molecule has 0 atom stereocenters. The van der Waals surface area contributed by atoms with Gasteiger partial charge in [-0.2, -0.15) is 0 Å². The molecule has 18 heavy (non-hydrogen) atoms. The molecule has 3 heteroatoms. The highest BCUT2D eigenvalue weighted by Crippen LogP contribution is 2.17. The van der Waals surface area contributed by atoms with Crippen molar-refractivity contribution in [2.24, 2.45) is 5.73 Å². The van der Waals surface area contributed by atoms with E-state index in [0.717, 1.165) is 30.8 Å². The van der Waals surface area contributed by atoms with E-state index in [-0.39, 0.29) is 5.60 Å². The van der Waals surface area contributed by atoms with E-state index in [9.17, 15) is 0 Å². The maximum Gasteiger partial charge on any atom is 0.123 e. The van der Waals surface area contributed by atoms with Gasteiger partial charge in [-0.3, -0.25) is 0 Å². The molecular formula is C15H25NO2. The van der Waals surface area contributed by atoms with E-state index in [2.05, 4.69) is 20.8 Å². The maximum absolute atomic E-state index is 5.77. The third-order valence-electron chi connectivity index (χ3n) is 3.08. The Kier molecular flexibility index (Phi) is 6.16. The number of hydrogen-bond donors (Lipinski definition) is 1. The van der Waals surface area contributed by atoms with Gasteiger partial charge in [0, 0.05) is 18.5 Å². The van der Waals surface area contributed by atoms with Crippen LogP contribution in [0.15, 0.2) is 24.3 Å². The third-order valence-corrected chi connectivity index (χ3v) is 3.08. The number of benzene rings is 1. The molecule has 0 fully saturated rings. The Labute approximate surface area is 110 Å². The second kappa shape index (κ2) is 7.39. The van der Waals surface area contributed by atoms with Gasteiger partial charge in [0.15, 0.2) is 0 Å².